The Kier molecular flexibility index (Phi) is 5.03. The number of hydrogen-bond donors (Lipinski definition) is 1. The molecule has 4 nitrogen and oxygen atoms in total. The second kappa shape index (κ2) is 6.08. The summed E-state index contributed by atoms with van der Waals surface area (Å²) in [4.78, 5) is 0. The van der Waals surface area contributed by atoms with Crippen molar-refractivity contribution in [2.24, 2.45) is 0 Å². The molecule has 0 spiro atoms. The molecule has 1 aromatic carbocycles. The van der Waals surface area contributed by atoms with Gasteiger partial charge in [-0.15, -0.1) is 0 Å². The van der Waals surface area contributed by atoms with E-state index in [0.29, 0.717) is 23.8 Å². The maximum atomic E-state index is 12.6. The molecule has 1 rings (SSSR count). The predicted molar refractivity (Wildman–Crippen MR) is 71.7 cm³/mol. The Hall–Kier alpha value is -0.990. The molecular formula is C12H20NO3P. The van der Waals surface area contributed by atoms with Gasteiger partial charge in [0.25, 0.3) is 0 Å². The first-order valence-corrected chi connectivity index (χ1v) is 7.75. The molecule has 0 unspecified atom stereocenters. The quantitative estimate of drug-likeness (QED) is 0.482. The second-order valence-electron chi connectivity index (χ2n) is 3.79. The van der Waals surface area contributed by atoms with E-state index in [9.17, 15) is 4.57 Å². The highest BCUT2D eigenvalue weighted by Gasteiger charge is 2.21. The highest BCUT2D eigenvalue weighted by atomic mass is 31.2. The molecule has 0 aromatic heterocycles. The number of rotatable bonds is 6. The summed E-state index contributed by atoms with van der Waals surface area (Å²) >= 11 is 0. The lowest BCUT2D eigenvalue weighted by molar-refractivity contribution is 0.0517. The number of anilines is 1. The molecule has 0 aliphatic heterocycles. The van der Waals surface area contributed by atoms with Crippen molar-refractivity contribution in [3.05, 3.63) is 18.2 Å². The molecule has 0 radical (unpaired) electrons. The van der Waals surface area contributed by atoms with Crippen molar-refractivity contribution in [2.45, 2.75) is 13.8 Å². The summed E-state index contributed by atoms with van der Waals surface area (Å²) in [6.45, 7) is 4.02. The van der Waals surface area contributed by atoms with Gasteiger partial charge < -0.3 is 19.8 Å². The lowest BCUT2D eigenvalue weighted by atomic mass is 10.3. The van der Waals surface area contributed by atoms with E-state index in [-0.39, 0.29) is 6.79 Å². The summed E-state index contributed by atoms with van der Waals surface area (Å²) in [6.07, 6.45) is 1.30. The zero-order valence-electron chi connectivity index (χ0n) is 10.6. The van der Waals surface area contributed by atoms with Crippen molar-refractivity contribution < 1.29 is 14.0 Å². The maximum absolute atomic E-state index is 12.6. The van der Waals surface area contributed by atoms with Crippen LogP contribution in [-0.4, -0.2) is 26.2 Å². The summed E-state index contributed by atoms with van der Waals surface area (Å²) < 4.78 is 22.7. The molecule has 17 heavy (non-hydrogen) atoms. The largest absolute Gasteiger partial charge is 0.465 e. The van der Waals surface area contributed by atoms with Gasteiger partial charge in [-0.25, -0.2) is 0 Å². The van der Waals surface area contributed by atoms with E-state index < -0.39 is 7.14 Å². The van der Waals surface area contributed by atoms with Crippen molar-refractivity contribution in [2.75, 3.05) is 32.0 Å². The highest BCUT2D eigenvalue weighted by molar-refractivity contribution is 7.71. The van der Waals surface area contributed by atoms with E-state index in [4.69, 9.17) is 15.2 Å². The second-order valence-corrected chi connectivity index (χ2v) is 7.35. The predicted octanol–water partition coefficient (Wildman–Crippen LogP) is 2.28. The summed E-state index contributed by atoms with van der Waals surface area (Å²) in [5.74, 6) is 0.534. The SMILES string of the molecule is CCP(=O)(CC)c1ccc(N)c(OCOC)c1. The molecule has 0 amide bonds. The van der Waals surface area contributed by atoms with Crippen LogP contribution in [0.15, 0.2) is 18.2 Å². The van der Waals surface area contributed by atoms with Crippen molar-refractivity contribution in [1.29, 1.82) is 0 Å². The minimum absolute atomic E-state index is 0.135. The normalized spacial score (nSPS) is 11.5. The van der Waals surface area contributed by atoms with Gasteiger partial charge in [0.15, 0.2) is 6.79 Å². The molecule has 0 aliphatic rings. The van der Waals surface area contributed by atoms with Crippen LogP contribution >= 0.6 is 7.14 Å². The van der Waals surface area contributed by atoms with Gasteiger partial charge in [0.05, 0.1) is 5.69 Å². The molecule has 2 N–H and O–H groups in total. The Morgan fingerprint density at radius 2 is 1.94 bits per heavy atom. The van der Waals surface area contributed by atoms with Crippen LogP contribution in [-0.2, 0) is 9.30 Å². The number of ether oxygens (including phenoxy) is 2. The third-order valence-corrected chi connectivity index (χ3v) is 6.08. The Labute approximate surface area is 102 Å². The van der Waals surface area contributed by atoms with Crippen LogP contribution in [0.5, 0.6) is 5.75 Å². The zero-order valence-corrected chi connectivity index (χ0v) is 11.5. The molecule has 0 atom stereocenters. The van der Waals surface area contributed by atoms with Crippen molar-refractivity contribution >= 4 is 18.1 Å². The standard InChI is InChI=1S/C12H20NO3P/c1-4-17(14,5-2)10-6-7-11(13)12(8-10)16-9-15-3/h6-8H,4-5,9,13H2,1-3H3. The van der Waals surface area contributed by atoms with Gasteiger partial charge in [0.2, 0.25) is 0 Å². The van der Waals surface area contributed by atoms with Crippen molar-refractivity contribution in [3.63, 3.8) is 0 Å². The van der Waals surface area contributed by atoms with Crippen LogP contribution in [0, 0.1) is 0 Å². The smallest absolute Gasteiger partial charge is 0.188 e. The highest BCUT2D eigenvalue weighted by Crippen LogP contribution is 2.44. The van der Waals surface area contributed by atoms with Crippen LogP contribution in [0.25, 0.3) is 0 Å². The van der Waals surface area contributed by atoms with Crippen LogP contribution in [0.3, 0.4) is 0 Å². The van der Waals surface area contributed by atoms with Gasteiger partial charge in [0, 0.05) is 24.7 Å². The molecular weight excluding hydrogens is 237 g/mol. The third kappa shape index (κ3) is 3.24. The van der Waals surface area contributed by atoms with E-state index >= 15 is 0 Å². The average molecular weight is 257 g/mol. The minimum Gasteiger partial charge on any atom is -0.465 e. The fourth-order valence-corrected chi connectivity index (χ4v) is 3.49. The Morgan fingerprint density at radius 3 is 2.47 bits per heavy atom. The van der Waals surface area contributed by atoms with Gasteiger partial charge in [-0.1, -0.05) is 13.8 Å². The topological polar surface area (TPSA) is 61.6 Å². The number of nitrogens with two attached hydrogens (primary N) is 1. The van der Waals surface area contributed by atoms with Gasteiger partial charge in [-0.2, -0.15) is 0 Å². The summed E-state index contributed by atoms with van der Waals surface area (Å²) in [5, 5.41) is 0.822. The van der Waals surface area contributed by atoms with Crippen molar-refractivity contribution in [1.82, 2.24) is 0 Å². The van der Waals surface area contributed by atoms with Crippen molar-refractivity contribution in [3.8, 4) is 5.75 Å². The van der Waals surface area contributed by atoms with Gasteiger partial charge in [-0.3, -0.25) is 0 Å². The fraction of sp³-hybridized carbons (Fsp3) is 0.500. The molecule has 0 bridgehead atoms. The molecule has 0 fully saturated rings. The molecule has 0 saturated carbocycles. The third-order valence-electron chi connectivity index (χ3n) is 2.82. The lowest BCUT2D eigenvalue weighted by Crippen LogP contribution is -2.11. The Morgan fingerprint density at radius 1 is 1.29 bits per heavy atom. The van der Waals surface area contributed by atoms with Crippen LogP contribution in [0.1, 0.15) is 13.8 Å². The average Bonchev–Trinajstić information content (AvgIpc) is 2.36. The molecule has 5 heteroatoms. The monoisotopic (exact) mass is 257 g/mol. The van der Waals surface area contributed by atoms with E-state index in [0.717, 1.165) is 5.30 Å². The van der Waals surface area contributed by atoms with Gasteiger partial charge in [-0.05, 0) is 18.2 Å². The van der Waals surface area contributed by atoms with E-state index in [2.05, 4.69) is 0 Å². The molecule has 0 aliphatic carbocycles. The first kappa shape index (κ1) is 14.1. The molecule has 1 aromatic rings. The van der Waals surface area contributed by atoms with Gasteiger partial charge in [0.1, 0.15) is 12.9 Å². The van der Waals surface area contributed by atoms with Gasteiger partial charge >= 0.3 is 0 Å². The zero-order chi connectivity index (χ0) is 12.9. The fourth-order valence-electron chi connectivity index (χ4n) is 1.61. The van der Waals surface area contributed by atoms with Crippen LogP contribution < -0.4 is 15.8 Å². The number of methoxy groups -OCH3 is 1. The van der Waals surface area contributed by atoms with E-state index in [1.807, 2.05) is 19.9 Å². The number of benzene rings is 1. The molecule has 0 heterocycles. The summed E-state index contributed by atoms with van der Waals surface area (Å²) in [5.41, 5.74) is 6.32. The molecule has 96 valence electrons. The lowest BCUT2D eigenvalue weighted by Gasteiger charge is -2.16. The first-order valence-electron chi connectivity index (χ1n) is 5.67. The van der Waals surface area contributed by atoms with E-state index in [1.165, 1.54) is 0 Å². The number of hydrogen-bond acceptors (Lipinski definition) is 4. The summed E-state index contributed by atoms with van der Waals surface area (Å²) in [6, 6.07) is 5.32. The van der Waals surface area contributed by atoms with Crippen LogP contribution in [0.4, 0.5) is 5.69 Å². The Bertz CT molecular complexity index is 412. The number of nitrogen functional groups attached to an aromatic ring is 1. The minimum atomic E-state index is -2.29. The van der Waals surface area contributed by atoms with Crippen LogP contribution in [0.2, 0.25) is 0 Å². The maximum Gasteiger partial charge on any atom is 0.188 e. The first-order chi connectivity index (χ1) is 8.07. The molecule has 0 saturated heterocycles. The Balaban J connectivity index is 3.07. The van der Waals surface area contributed by atoms with E-state index in [1.54, 1.807) is 19.2 Å². The summed E-state index contributed by atoms with van der Waals surface area (Å²) in [7, 11) is -0.744.